The number of para-hydroxylation sites is 3. The van der Waals surface area contributed by atoms with Crippen LogP contribution in [0.1, 0.15) is 142 Å². The summed E-state index contributed by atoms with van der Waals surface area (Å²) in [7, 11) is -1.16. The first-order valence-corrected chi connectivity index (χ1v) is 54.1. The summed E-state index contributed by atoms with van der Waals surface area (Å²) in [5.74, 6) is -3.13. The zero-order valence-corrected chi connectivity index (χ0v) is 83.7. The largest absolute Gasteiger partial charge is 0.480 e. The van der Waals surface area contributed by atoms with Crippen LogP contribution in [0.4, 0.5) is 21.9 Å². The quantitative estimate of drug-likeness (QED) is 0.0262. The van der Waals surface area contributed by atoms with E-state index in [4.69, 9.17) is 16.7 Å². The first kappa shape index (κ1) is 105. The van der Waals surface area contributed by atoms with Crippen molar-refractivity contribution in [3.8, 4) is 0 Å². The van der Waals surface area contributed by atoms with Crippen molar-refractivity contribution in [2.24, 2.45) is 29.6 Å². The van der Waals surface area contributed by atoms with Gasteiger partial charge in [0.1, 0.15) is 30.2 Å². The van der Waals surface area contributed by atoms with Gasteiger partial charge in [-0.2, -0.15) is 0 Å². The van der Waals surface area contributed by atoms with Crippen molar-refractivity contribution in [1.29, 1.82) is 0 Å². The molecule has 131 heavy (non-hydrogen) atoms. The monoisotopic (exact) mass is 1880 g/mol. The molecule has 6 fully saturated rings. The number of nitrogens with one attached hydrogen (secondary N) is 2. The molecule has 27 nitrogen and oxygen atoms in total. The van der Waals surface area contributed by atoms with Gasteiger partial charge in [-0.05, 0) is 191 Å². The average molecular weight is 1880 g/mol. The van der Waals surface area contributed by atoms with Crippen LogP contribution < -0.4 is 25.3 Å². The van der Waals surface area contributed by atoms with Crippen molar-refractivity contribution in [2.45, 2.75) is 236 Å². The molecule has 5 saturated heterocycles. The van der Waals surface area contributed by atoms with Crippen LogP contribution in [-0.4, -0.2) is 201 Å². The van der Waals surface area contributed by atoms with Crippen LogP contribution in [0.5, 0.6) is 0 Å². The third-order valence-corrected chi connectivity index (χ3v) is 44.1. The predicted octanol–water partition coefficient (Wildman–Crippen LogP) is 16.2. The Labute approximate surface area is 786 Å². The number of halogens is 2. The Morgan fingerprint density at radius 2 is 0.763 bits per heavy atom. The van der Waals surface area contributed by atoms with Crippen LogP contribution in [0.25, 0.3) is 0 Å². The molecule has 8 aromatic rings. The van der Waals surface area contributed by atoms with E-state index in [2.05, 4.69) is 144 Å². The summed E-state index contributed by atoms with van der Waals surface area (Å²) in [5.41, 5.74) is 7.41. The molecule has 10 amide bonds. The third kappa shape index (κ3) is 25.2. The van der Waals surface area contributed by atoms with Crippen LogP contribution in [0.3, 0.4) is 0 Å². The fraction of sp³-hybridized carbons (Fsp3) is 0.455. The van der Waals surface area contributed by atoms with Crippen LogP contribution in [-0.2, 0) is 79.5 Å². The predicted molar refractivity (Wildman–Crippen MR) is 521 cm³/mol. The molecule has 0 spiro atoms. The number of hydrogen-bond donors (Lipinski definition) is 4. The average Bonchev–Trinajstić information content (AvgIpc) is 0.718. The summed E-state index contributed by atoms with van der Waals surface area (Å²) in [4.78, 5) is 164. The lowest BCUT2D eigenvalue weighted by Gasteiger charge is -2.58. The van der Waals surface area contributed by atoms with Crippen molar-refractivity contribution < 1.29 is 63.0 Å². The van der Waals surface area contributed by atoms with E-state index in [1.807, 2.05) is 156 Å². The Kier molecular flexibility index (Phi) is 36.7. The molecule has 0 radical (unpaired) electrons. The molecule has 1 saturated carbocycles. The number of hydrogen-bond acceptors (Lipinski definition) is 16. The number of carboxylic acid groups (broad SMARTS) is 2. The normalized spacial score (nSPS) is 20.2. The molecule has 4 N–H and O–H groups in total. The lowest BCUT2D eigenvalue weighted by molar-refractivity contribution is -0.163. The summed E-state index contributed by atoms with van der Waals surface area (Å²) in [6, 6.07) is 43.6. The standard InChI is InChI=1S/C27H34N4O3.C23H31N3O2Si.C17H17N3O2.C16H24N2O3Si.C10H19NO3Si.C6H6ClN.ClH/c1-3-23(20-10-6-4-7-11-20)29-27(34)31-24(26(33)30(2)21-12-8-5-9-13-21)22(25(31)32)18-19-14-16-28-17-15-19;1-23(2,3)29(5,6)26-20(22(28)25(4)18-10-8-7-9-11-18)19(21(26)27)16-17-12-14-24-15-13-17;1-20(13-5-3-2-4-6-13)17(22)15-14(16(21)19-15)11-12-7-9-18-10-8-12;1-16(2,3)22(4,5)18-13(15(20)21)12(14(18)19)10-11-6-8-17-9-7-11;1-10(2,3)15(4,5)11-7(9(13)14)6-8(11)12;7-5-6-1-3-8-4-2-6;/h5,8-9,12-17,20,22-24H,3-4,6-7,10-11,18H2,1-2H3,(H,29,34);7-15,19-20H,16H2,1-6H3;2-10,14-15H,11H2,1H3,(H,19,21);6-9,12-13H,10H2,1-5H3,(H,20,21);7H,6H2,1-5H3,(H,13,14);1-4H,5H2;1H/t22-,23-,24+;19-,20+;14-,15+;12-,13+;7-;;/m11110../s1. The molecular formula is C99H132Cl2N14O13Si3. The number of anilines is 3. The highest BCUT2D eigenvalue weighted by atomic mass is 35.5. The van der Waals surface area contributed by atoms with Gasteiger partial charge in [-0.3, -0.25) is 73.0 Å². The number of imide groups is 1. The molecule has 5 aromatic heterocycles. The molecule has 10 atom stereocenters. The number of nitrogens with zero attached hydrogens (tertiary/aromatic N) is 12. The number of benzene rings is 3. The molecule has 14 rings (SSSR count). The van der Waals surface area contributed by atoms with Gasteiger partial charge in [0.25, 0.3) is 5.91 Å². The Morgan fingerprint density at radius 1 is 0.443 bits per heavy atom. The van der Waals surface area contributed by atoms with E-state index < -0.39 is 84.7 Å². The van der Waals surface area contributed by atoms with E-state index in [9.17, 15) is 57.8 Å². The highest BCUT2D eigenvalue weighted by molar-refractivity contribution is 6.81. The number of carboxylic acids is 2. The number of aromatic nitrogens is 5. The molecule has 6 aliphatic rings. The first-order chi connectivity index (χ1) is 61.3. The van der Waals surface area contributed by atoms with Crippen molar-refractivity contribution in [3.63, 3.8) is 0 Å². The van der Waals surface area contributed by atoms with Gasteiger partial charge in [-0.1, -0.05) is 182 Å². The fourth-order valence-corrected chi connectivity index (χ4v) is 24.1. The highest BCUT2D eigenvalue weighted by Gasteiger charge is 2.63. The lowest BCUT2D eigenvalue weighted by Crippen LogP contribution is -2.76. The molecule has 10 heterocycles. The van der Waals surface area contributed by atoms with Crippen LogP contribution in [0, 0.1) is 29.6 Å². The number of urea groups is 1. The molecule has 5 aliphatic heterocycles. The van der Waals surface area contributed by atoms with E-state index in [0.29, 0.717) is 37.5 Å². The van der Waals surface area contributed by atoms with E-state index in [1.54, 1.807) is 102 Å². The zero-order chi connectivity index (χ0) is 95.5. The van der Waals surface area contributed by atoms with E-state index >= 15 is 0 Å². The summed E-state index contributed by atoms with van der Waals surface area (Å²) in [6.45, 7) is 33.7. The second-order valence-electron chi connectivity index (χ2n) is 38.7. The van der Waals surface area contributed by atoms with Gasteiger partial charge in [0.15, 0.2) is 24.7 Å². The highest BCUT2D eigenvalue weighted by Crippen LogP contribution is 2.49. The molecular weight excluding hydrogens is 1750 g/mol. The summed E-state index contributed by atoms with van der Waals surface area (Å²) in [5, 5.41) is 24.3. The maximum atomic E-state index is 13.6. The number of amides is 10. The number of likely N-dealkylation sites (N-methyl/N-ethyl adjacent to an activating group) is 3. The van der Waals surface area contributed by atoms with E-state index in [0.717, 1.165) is 69.0 Å². The molecule has 3 aromatic carbocycles. The topological polar surface area (TPSA) is 339 Å². The molecule has 0 bridgehead atoms. The maximum absolute atomic E-state index is 13.6. The van der Waals surface area contributed by atoms with Gasteiger partial charge in [-0.25, -0.2) is 9.59 Å². The molecule has 1 aliphatic carbocycles. The van der Waals surface area contributed by atoms with Gasteiger partial charge in [0.2, 0.25) is 41.4 Å². The fourth-order valence-electron chi connectivity index (χ4n) is 16.6. The maximum Gasteiger partial charge on any atom is 0.326 e. The number of carbonyl (C=O) groups is 11. The number of aliphatic carboxylic acids is 2. The Bertz CT molecular complexity index is 5160. The zero-order valence-electron chi connectivity index (χ0n) is 79.1. The third-order valence-electron chi connectivity index (χ3n) is 27.6. The van der Waals surface area contributed by atoms with Crippen molar-refractivity contribution in [3.05, 3.63) is 241 Å². The van der Waals surface area contributed by atoms with Crippen LogP contribution >= 0.6 is 24.0 Å². The van der Waals surface area contributed by atoms with Crippen molar-refractivity contribution >= 4 is 131 Å². The summed E-state index contributed by atoms with van der Waals surface area (Å²) in [6.07, 6.45) is 25.7. The SMILES string of the molecule is CC(C)(C)[Si](C)(C)N1C(=O)C[C@H]1C(=O)O.CC(C)(C)[Si](C)(C)N1C(=O)[C@H](Cc2ccncc2)[C@H]1C(=O)O.CC[C@@H](NC(=O)N1C(=O)[C@H](Cc2ccncc2)[C@H]1C(=O)N(C)c1ccccc1)C1CCCCC1.CN(C(=O)[C@@H]1[C@@H](Cc2ccncc2)C(=O)N1[Si](C)(C)C(C)(C)C)c1ccccc1.CN(C(=O)[C@H]1NC(=O)[C@@H]1Cc1ccncc1)c1ccccc1.Cl.ClCc1ccncc1. The number of carbonyl (C=O) groups excluding carboxylic acids is 9. The Balaban J connectivity index is 0.000000201. The van der Waals surface area contributed by atoms with Gasteiger partial charge >= 0.3 is 18.0 Å². The smallest absolute Gasteiger partial charge is 0.326 e. The van der Waals surface area contributed by atoms with Crippen LogP contribution in [0.15, 0.2) is 214 Å². The molecule has 702 valence electrons. The minimum Gasteiger partial charge on any atom is -0.480 e. The molecule has 32 heteroatoms. The summed E-state index contributed by atoms with van der Waals surface area (Å²) < 4.78 is 5.26. The van der Waals surface area contributed by atoms with Crippen molar-refractivity contribution in [1.82, 2.24) is 54.1 Å². The Morgan fingerprint density at radius 3 is 1.08 bits per heavy atom. The first-order valence-electron chi connectivity index (χ1n) is 44.7. The second kappa shape index (κ2) is 45.8. The van der Waals surface area contributed by atoms with Crippen LogP contribution in [0.2, 0.25) is 54.4 Å². The minimum atomic E-state index is -2.19. The van der Waals surface area contributed by atoms with E-state index in [1.165, 1.54) is 24.2 Å². The van der Waals surface area contributed by atoms with Gasteiger partial charge in [0, 0.05) is 112 Å². The van der Waals surface area contributed by atoms with E-state index in [-0.39, 0.29) is 99.1 Å². The lowest BCUT2D eigenvalue weighted by atomic mass is 9.81. The molecule has 0 unspecified atom stereocenters. The number of pyridine rings is 5. The number of rotatable bonds is 23. The van der Waals surface area contributed by atoms with Crippen molar-refractivity contribution in [2.75, 3.05) is 35.8 Å². The van der Waals surface area contributed by atoms with Gasteiger partial charge < -0.3 is 49.2 Å². The Hall–Kier alpha value is -11.2. The summed E-state index contributed by atoms with van der Waals surface area (Å²) >= 11 is 5.50. The van der Waals surface area contributed by atoms with Gasteiger partial charge in [-0.15, -0.1) is 24.0 Å². The number of β-lactam (4-membered cyclic amide) rings is 5. The number of alkyl halides is 1. The number of likely N-dealkylation sites (tertiary alicyclic amines) is 1. The van der Waals surface area contributed by atoms with Gasteiger partial charge in [0.05, 0.1) is 30.1 Å². The second-order valence-corrected chi connectivity index (χ2v) is 54.3. The minimum absolute atomic E-state index is 0.